The Kier molecular flexibility index (Phi) is 7.15. The van der Waals surface area contributed by atoms with Gasteiger partial charge < -0.3 is 9.64 Å². The molecule has 1 saturated heterocycles. The van der Waals surface area contributed by atoms with E-state index in [1.165, 1.54) is 37.9 Å². The van der Waals surface area contributed by atoms with Gasteiger partial charge in [0.15, 0.2) is 0 Å². The second-order valence-corrected chi connectivity index (χ2v) is 9.75. The normalized spacial score (nSPS) is 19.2. The molecule has 0 aromatic heterocycles. The lowest BCUT2D eigenvalue weighted by Gasteiger charge is -2.46. The van der Waals surface area contributed by atoms with Crippen molar-refractivity contribution in [3.8, 4) is 11.1 Å². The minimum absolute atomic E-state index is 0.00710. The lowest BCUT2D eigenvalue weighted by Crippen LogP contribution is -2.51. The number of rotatable bonds is 8. The third-order valence-electron chi connectivity index (χ3n) is 7.32. The molecule has 0 spiro atoms. The van der Waals surface area contributed by atoms with E-state index in [1.54, 1.807) is 0 Å². The first-order valence-electron chi connectivity index (χ1n) is 11.8. The summed E-state index contributed by atoms with van der Waals surface area (Å²) < 4.78 is 6.71. The Bertz CT molecular complexity index is 896. The van der Waals surface area contributed by atoms with Crippen LogP contribution in [-0.4, -0.2) is 35.9 Å². The highest BCUT2D eigenvalue weighted by Gasteiger charge is 2.37. The summed E-state index contributed by atoms with van der Waals surface area (Å²) in [7, 11) is 0. The Morgan fingerprint density at radius 3 is 2.45 bits per heavy atom. The zero-order valence-corrected chi connectivity index (χ0v) is 19.6. The van der Waals surface area contributed by atoms with Crippen LogP contribution in [-0.2, 0) is 11.3 Å². The van der Waals surface area contributed by atoms with Gasteiger partial charge in [0.05, 0.1) is 12.2 Å². The van der Waals surface area contributed by atoms with Crippen molar-refractivity contribution in [1.82, 2.24) is 4.90 Å². The number of nitrogens with zero attached hydrogens (tertiary/aromatic N) is 1. The van der Waals surface area contributed by atoms with Crippen molar-refractivity contribution in [2.24, 2.45) is 0 Å². The van der Waals surface area contributed by atoms with Crippen molar-refractivity contribution in [2.75, 3.05) is 13.1 Å². The summed E-state index contributed by atoms with van der Waals surface area (Å²) in [6, 6.07) is 12.6. The van der Waals surface area contributed by atoms with Gasteiger partial charge in [0.1, 0.15) is 6.29 Å². The maximum absolute atomic E-state index is 11.0. The molecule has 4 heteroatoms. The Morgan fingerprint density at radius 1 is 1.16 bits per heavy atom. The molecule has 0 atom stereocenters. The number of carbonyl (C=O) groups excluding carboxylic acids is 1. The SMILES string of the molecule is CCCC1(OCc2cc(-c3ccc(C=O)cc3)c(Cl)cc2C)CCN(C2CCC2)CC1. The number of piperidine rings is 1. The number of aldehydes is 1. The molecular weight excluding hydrogens is 406 g/mol. The third-order valence-corrected chi connectivity index (χ3v) is 7.64. The number of likely N-dealkylation sites (tertiary alicyclic amines) is 1. The second-order valence-electron chi connectivity index (χ2n) is 9.34. The number of benzene rings is 2. The fraction of sp³-hybridized carbons (Fsp3) is 0.519. The molecule has 0 bridgehead atoms. The van der Waals surface area contributed by atoms with Gasteiger partial charge in [-0.1, -0.05) is 55.6 Å². The molecule has 0 N–H and O–H groups in total. The fourth-order valence-corrected chi connectivity index (χ4v) is 5.36. The van der Waals surface area contributed by atoms with Gasteiger partial charge >= 0.3 is 0 Å². The summed E-state index contributed by atoms with van der Waals surface area (Å²) in [4.78, 5) is 13.7. The molecule has 31 heavy (non-hydrogen) atoms. The van der Waals surface area contributed by atoms with Crippen molar-refractivity contribution in [3.05, 3.63) is 58.1 Å². The quantitative estimate of drug-likeness (QED) is 0.422. The van der Waals surface area contributed by atoms with Crippen molar-refractivity contribution in [2.45, 2.75) is 77.0 Å². The standard InChI is InChI=1S/C27H34ClNO2/c1-3-11-27(12-14-29(15-13-27)24-5-4-6-24)31-19-23-17-25(26(28)16-20(23)2)22-9-7-21(18-30)8-10-22/h7-10,16-18,24H,3-6,11-15,19H2,1-2H3. The van der Waals surface area contributed by atoms with E-state index in [0.717, 1.165) is 59.7 Å². The van der Waals surface area contributed by atoms with Crippen LogP contribution in [0, 0.1) is 6.92 Å². The summed E-state index contributed by atoms with van der Waals surface area (Å²) in [5.41, 5.74) is 5.03. The van der Waals surface area contributed by atoms with Crippen LogP contribution < -0.4 is 0 Å². The highest BCUT2D eigenvalue weighted by atomic mass is 35.5. The van der Waals surface area contributed by atoms with Crippen molar-refractivity contribution < 1.29 is 9.53 Å². The number of carbonyl (C=O) groups is 1. The van der Waals surface area contributed by atoms with Crippen LogP contribution >= 0.6 is 11.6 Å². The Labute approximate surface area is 191 Å². The van der Waals surface area contributed by atoms with E-state index in [9.17, 15) is 4.79 Å². The largest absolute Gasteiger partial charge is 0.370 e. The van der Waals surface area contributed by atoms with Gasteiger partial charge in [0.2, 0.25) is 0 Å². The summed E-state index contributed by atoms with van der Waals surface area (Å²) in [6.07, 6.45) is 9.55. The molecule has 3 nitrogen and oxygen atoms in total. The van der Waals surface area contributed by atoms with Gasteiger partial charge in [-0.2, -0.15) is 0 Å². The minimum Gasteiger partial charge on any atom is -0.370 e. The molecule has 1 heterocycles. The molecule has 2 aliphatic rings. The van der Waals surface area contributed by atoms with Crippen LogP contribution in [0.1, 0.15) is 73.4 Å². The number of ether oxygens (including phenoxy) is 1. The highest BCUT2D eigenvalue weighted by molar-refractivity contribution is 6.33. The average Bonchev–Trinajstić information content (AvgIpc) is 2.74. The highest BCUT2D eigenvalue weighted by Crippen LogP contribution is 2.37. The topological polar surface area (TPSA) is 29.5 Å². The molecule has 1 aliphatic carbocycles. The van der Waals surface area contributed by atoms with Crippen molar-refractivity contribution >= 4 is 17.9 Å². The molecule has 1 aliphatic heterocycles. The van der Waals surface area contributed by atoms with E-state index in [-0.39, 0.29) is 5.60 Å². The number of hydrogen-bond acceptors (Lipinski definition) is 3. The van der Waals surface area contributed by atoms with Crippen LogP contribution in [0.3, 0.4) is 0 Å². The van der Waals surface area contributed by atoms with Gasteiger partial charge in [-0.3, -0.25) is 4.79 Å². The lowest BCUT2D eigenvalue weighted by molar-refractivity contribution is -0.107. The van der Waals surface area contributed by atoms with Crippen LogP contribution in [0.15, 0.2) is 36.4 Å². The molecular formula is C27H34ClNO2. The third kappa shape index (κ3) is 5.05. The van der Waals surface area contributed by atoms with E-state index in [4.69, 9.17) is 16.3 Å². The van der Waals surface area contributed by atoms with Gasteiger partial charge in [-0.25, -0.2) is 0 Å². The van der Waals surface area contributed by atoms with Crippen LogP contribution in [0.25, 0.3) is 11.1 Å². The van der Waals surface area contributed by atoms with Gasteiger partial charge in [-0.15, -0.1) is 0 Å². The Balaban J connectivity index is 1.49. The van der Waals surface area contributed by atoms with E-state index in [0.29, 0.717) is 12.2 Å². The Morgan fingerprint density at radius 2 is 1.87 bits per heavy atom. The molecule has 0 unspecified atom stereocenters. The fourth-order valence-electron chi connectivity index (χ4n) is 5.04. The molecule has 0 amide bonds. The number of halogens is 1. The summed E-state index contributed by atoms with van der Waals surface area (Å²) in [6.45, 7) is 7.32. The minimum atomic E-state index is -0.00710. The van der Waals surface area contributed by atoms with Gasteiger partial charge in [-0.05, 0) is 67.9 Å². The molecule has 166 valence electrons. The first-order valence-corrected chi connectivity index (χ1v) is 12.1. The van der Waals surface area contributed by atoms with Crippen LogP contribution in [0.2, 0.25) is 5.02 Å². The predicted octanol–water partition coefficient (Wildman–Crippen LogP) is 6.83. The summed E-state index contributed by atoms with van der Waals surface area (Å²) >= 11 is 6.58. The first kappa shape index (κ1) is 22.5. The van der Waals surface area contributed by atoms with E-state index < -0.39 is 0 Å². The van der Waals surface area contributed by atoms with Gasteiger partial charge in [0.25, 0.3) is 0 Å². The number of aryl methyl sites for hydroxylation is 1. The van der Waals surface area contributed by atoms with Crippen molar-refractivity contribution in [1.29, 1.82) is 0 Å². The van der Waals surface area contributed by atoms with Crippen LogP contribution in [0.4, 0.5) is 0 Å². The zero-order chi connectivity index (χ0) is 21.8. The van der Waals surface area contributed by atoms with Crippen LogP contribution in [0.5, 0.6) is 0 Å². The van der Waals surface area contributed by atoms with Gasteiger partial charge in [0, 0.05) is 35.3 Å². The predicted molar refractivity (Wildman–Crippen MR) is 128 cm³/mol. The Hall–Kier alpha value is -1.68. The lowest BCUT2D eigenvalue weighted by atomic mass is 9.83. The second kappa shape index (κ2) is 9.85. The number of hydrogen-bond donors (Lipinski definition) is 0. The maximum Gasteiger partial charge on any atom is 0.150 e. The van der Waals surface area contributed by atoms with E-state index in [2.05, 4.69) is 24.8 Å². The molecule has 2 aromatic carbocycles. The zero-order valence-electron chi connectivity index (χ0n) is 18.8. The summed E-state index contributed by atoms with van der Waals surface area (Å²) in [5, 5.41) is 0.734. The smallest absolute Gasteiger partial charge is 0.150 e. The van der Waals surface area contributed by atoms with E-state index >= 15 is 0 Å². The molecule has 0 radical (unpaired) electrons. The first-order chi connectivity index (χ1) is 15.0. The molecule has 2 fully saturated rings. The van der Waals surface area contributed by atoms with E-state index in [1.807, 2.05) is 30.3 Å². The monoisotopic (exact) mass is 439 g/mol. The average molecular weight is 440 g/mol. The molecule has 1 saturated carbocycles. The maximum atomic E-state index is 11.0. The van der Waals surface area contributed by atoms with Crippen molar-refractivity contribution in [3.63, 3.8) is 0 Å². The molecule has 4 rings (SSSR count). The molecule has 2 aromatic rings. The summed E-state index contributed by atoms with van der Waals surface area (Å²) in [5.74, 6) is 0.